The maximum absolute atomic E-state index is 6.00. The molecule has 2 unspecified atom stereocenters. The number of alkyl halides is 1. The van der Waals surface area contributed by atoms with Crippen molar-refractivity contribution < 1.29 is 0 Å². The van der Waals surface area contributed by atoms with Gasteiger partial charge < -0.3 is 0 Å². The predicted molar refractivity (Wildman–Crippen MR) is 51.5 cm³/mol. The van der Waals surface area contributed by atoms with Crippen molar-refractivity contribution in [1.82, 2.24) is 0 Å². The molecule has 0 bridgehead atoms. The van der Waals surface area contributed by atoms with Crippen LogP contribution in [0.3, 0.4) is 0 Å². The molecule has 0 aliphatic heterocycles. The first kappa shape index (κ1) is 7.63. The Morgan fingerprint density at radius 1 is 1.36 bits per heavy atom. The molecule has 1 aliphatic carbocycles. The van der Waals surface area contributed by atoms with Crippen LogP contribution < -0.4 is 0 Å². The predicted octanol–water partition coefficient (Wildman–Crippen LogP) is 3.59. The summed E-state index contributed by atoms with van der Waals surface area (Å²) in [5, 5.41) is 0.902. The summed E-state index contributed by atoms with van der Waals surface area (Å²) >= 11 is 9.56. The molecule has 11 heavy (non-hydrogen) atoms. The van der Waals surface area contributed by atoms with E-state index in [-0.39, 0.29) is 0 Å². The van der Waals surface area contributed by atoms with Crippen LogP contribution in [0.25, 0.3) is 0 Å². The van der Waals surface area contributed by atoms with Gasteiger partial charge >= 0.3 is 0 Å². The lowest BCUT2D eigenvalue weighted by atomic mass is 10.1. The summed E-state index contributed by atoms with van der Waals surface area (Å²) in [5.74, 6) is 0.656. The number of hydrogen-bond acceptors (Lipinski definition) is 0. The third kappa shape index (κ3) is 1.45. The highest BCUT2D eigenvalue weighted by Gasteiger charge is 2.36. The lowest BCUT2D eigenvalue weighted by Gasteiger charge is -1.99. The normalized spacial score (nSPS) is 28.5. The Balaban J connectivity index is 2.31. The molecule has 2 heteroatoms. The first-order valence-corrected chi connectivity index (χ1v) is 4.97. The van der Waals surface area contributed by atoms with E-state index in [2.05, 4.69) is 22.0 Å². The highest BCUT2D eigenvalue weighted by Crippen LogP contribution is 2.48. The van der Waals surface area contributed by atoms with E-state index >= 15 is 0 Å². The van der Waals surface area contributed by atoms with Gasteiger partial charge in [-0.15, -0.1) is 0 Å². The molecule has 0 spiro atoms. The third-order valence-corrected chi connectivity index (χ3v) is 3.37. The van der Waals surface area contributed by atoms with Crippen molar-refractivity contribution in [2.75, 3.05) is 0 Å². The van der Waals surface area contributed by atoms with Gasteiger partial charge in [0.15, 0.2) is 0 Å². The van der Waals surface area contributed by atoms with E-state index in [1.165, 1.54) is 12.0 Å². The van der Waals surface area contributed by atoms with E-state index in [1.807, 2.05) is 18.2 Å². The molecule has 0 nitrogen and oxygen atoms in total. The van der Waals surface area contributed by atoms with Crippen LogP contribution in [0.15, 0.2) is 24.3 Å². The molecule has 1 aromatic carbocycles. The van der Waals surface area contributed by atoms with Crippen molar-refractivity contribution in [3.05, 3.63) is 34.9 Å². The standard InChI is InChI=1S/C9H8BrCl/c10-8-5-7(8)6-3-1-2-4-9(6)11/h1-4,7-8H,5H2. The quantitative estimate of drug-likeness (QED) is 0.648. The van der Waals surface area contributed by atoms with Crippen molar-refractivity contribution in [3.8, 4) is 0 Å². The number of rotatable bonds is 1. The van der Waals surface area contributed by atoms with Gasteiger partial charge in [0.2, 0.25) is 0 Å². The van der Waals surface area contributed by atoms with E-state index < -0.39 is 0 Å². The van der Waals surface area contributed by atoms with Gasteiger partial charge in [-0.25, -0.2) is 0 Å². The molecule has 0 amide bonds. The molecule has 1 aliphatic rings. The Morgan fingerprint density at radius 3 is 2.55 bits per heavy atom. The minimum Gasteiger partial charge on any atom is -0.0884 e. The van der Waals surface area contributed by atoms with Crippen molar-refractivity contribution in [3.63, 3.8) is 0 Å². The van der Waals surface area contributed by atoms with Gasteiger partial charge in [-0.05, 0) is 24.0 Å². The van der Waals surface area contributed by atoms with Gasteiger partial charge in [0.25, 0.3) is 0 Å². The Bertz CT molecular complexity index is 272. The highest BCUT2D eigenvalue weighted by molar-refractivity contribution is 9.09. The Labute approximate surface area is 79.7 Å². The fraction of sp³-hybridized carbons (Fsp3) is 0.333. The molecule has 1 saturated carbocycles. The van der Waals surface area contributed by atoms with E-state index in [0.717, 1.165) is 5.02 Å². The zero-order chi connectivity index (χ0) is 7.84. The molecule has 0 heterocycles. The van der Waals surface area contributed by atoms with Crippen LogP contribution in [0.5, 0.6) is 0 Å². The van der Waals surface area contributed by atoms with Gasteiger partial charge in [-0.3, -0.25) is 0 Å². The molecule has 0 N–H and O–H groups in total. The van der Waals surface area contributed by atoms with Crippen LogP contribution in [0.1, 0.15) is 17.9 Å². The number of benzene rings is 1. The molecule has 1 fully saturated rings. The maximum atomic E-state index is 6.00. The smallest absolute Gasteiger partial charge is 0.0441 e. The Kier molecular flexibility index (Phi) is 1.94. The highest BCUT2D eigenvalue weighted by atomic mass is 79.9. The van der Waals surface area contributed by atoms with Crippen molar-refractivity contribution >= 4 is 27.5 Å². The van der Waals surface area contributed by atoms with Crippen molar-refractivity contribution in [2.45, 2.75) is 17.2 Å². The summed E-state index contributed by atoms with van der Waals surface area (Å²) in [7, 11) is 0. The average molecular weight is 232 g/mol. The summed E-state index contributed by atoms with van der Waals surface area (Å²) in [6.07, 6.45) is 1.23. The fourth-order valence-corrected chi connectivity index (χ4v) is 2.23. The largest absolute Gasteiger partial charge is 0.0884 e. The van der Waals surface area contributed by atoms with Crippen LogP contribution in [0.4, 0.5) is 0 Å². The SMILES string of the molecule is Clc1ccccc1C1CC1Br. The zero-order valence-electron chi connectivity index (χ0n) is 5.93. The van der Waals surface area contributed by atoms with Crippen molar-refractivity contribution in [1.29, 1.82) is 0 Å². The van der Waals surface area contributed by atoms with Gasteiger partial charge in [-0.2, -0.15) is 0 Å². The summed E-state index contributed by atoms with van der Waals surface area (Å²) < 4.78 is 0. The van der Waals surface area contributed by atoms with E-state index in [0.29, 0.717) is 10.7 Å². The number of hydrogen-bond donors (Lipinski definition) is 0. The van der Waals surface area contributed by atoms with E-state index in [4.69, 9.17) is 11.6 Å². The van der Waals surface area contributed by atoms with Crippen LogP contribution in [0, 0.1) is 0 Å². The fourth-order valence-electron chi connectivity index (χ4n) is 1.26. The lowest BCUT2D eigenvalue weighted by molar-refractivity contribution is 1.14. The third-order valence-electron chi connectivity index (χ3n) is 2.02. The van der Waals surface area contributed by atoms with Crippen LogP contribution in [0.2, 0.25) is 5.02 Å². The second-order valence-corrected chi connectivity index (χ2v) is 4.46. The Morgan fingerprint density at radius 2 is 2.00 bits per heavy atom. The molecule has 2 rings (SSSR count). The van der Waals surface area contributed by atoms with Crippen LogP contribution in [-0.2, 0) is 0 Å². The van der Waals surface area contributed by atoms with Crippen LogP contribution in [-0.4, -0.2) is 4.83 Å². The Hall–Kier alpha value is -0.0100. The van der Waals surface area contributed by atoms with E-state index in [9.17, 15) is 0 Å². The minimum atomic E-state index is 0.655. The molecule has 0 radical (unpaired) electrons. The second-order valence-electron chi connectivity index (χ2n) is 2.88. The molecule has 0 aromatic heterocycles. The topological polar surface area (TPSA) is 0 Å². The monoisotopic (exact) mass is 230 g/mol. The maximum Gasteiger partial charge on any atom is 0.0441 e. The van der Waals surface area contributed by atoms with Crippen LogP contribution >= 0.6 is 27.5 Å². The van der Waals surface area contributed by atoms with Gasteiger partial charge in [0, 0.05) is 9.85 Å². The van der Waals surface area contributed by atoms with Gasteiger partial charge in [-0.1, -0.05) is 45.7 Å². The molecule has 1 aromatic rings. The number of halogens is 2. The molecular formula is C9H8BrCl. The molecule has 58 valence electrons. The van der Waals surface area contributed by atoms with E-state index in [1.54, 1.807) is 0 Å². The first-order chi connectivity index (χ1) is 5.29. The first-order valence-electron chi connectivity index (χ1n) is 3.67. The molecule has 0 saturated heterocycles. The zero-order valence-corrected chi connectivity index (χ0v) is 8.27. The lowest BCUT2D eigenvalue weighted by Crippen LogP contribution is -1.81. The van der Waals surface area contributed by atoms with Gasteiger partial charge in [0.05, 0.1) is 0 Å². The molecule has 2 atom stereocenters. The van der Waals surface area contributed by atoms with Gasteiger partial charge in [0.1, 0.15) is 0 Å². The summed E-state index contributed by atoms with van der Waals surface area (Å²) in [6, 6.07) is 8.07. The molecular weight excluding hydrogens is 223 g/mol. The average Bonchev–Trinajstić information content (AvgIpc) is 2.68. The second kappa shape index (κ2) is 2.80. The summed E-state index contributed by atoms with van der Waals surface area (Å²) in [5.41, 5.74) is 1.29. The minimum absolute atomic E-state index is 0.655. The summed E-state index contributed by atoms with van der Waals surface area (Å²) in [6.45, 7) is 0. The van der Waals surface area contributed by atoms with Crippen molar-refractivity contribution in [2.24, 2.45) is 0 Å². The summed E-state index contributed by atoms with van der Waals surface area (Å²) in [4.78, 5) is 0.655.